The molecule has 0 aliphatic rings. The van der Waals surface area contributed by atoms with E-state index in [9.17, 15) is 13.2 Å². The fourth-order valence-electron chi connectivity index (χ4n) is 3.48. The number of aryl methyl sites for hydroxylation is 1. The molecule has 0 spiro atoms. The van der Waals surface area contributed by atoms with E-state index in [4.69, 9.17) is 9.47 Å². The molecule has 7 nitrogen and oxygen atoms in total. The summed E-state index contributed by atoms with van der Waals surface area (Å²) in [4.78, 5) is 12.6. The zero-order valence-electron chi connectivity index (χ0n) is 19.5. The summed E-state index contributed by atoms with van der Waals surface area (Å²) < 4.78 is 37.9. The van der Waals surface area contributed by atoms with Gasteiger partial charge in [-0.2, -0.15) is 0 Å². The Morgan fingerprint density at radius 3 is 2.18 bits per heavy atom. The van der Waals surface area contributed by atoms with E-state index in [1.807, 2.05) is 37.3 Å². The second kappa shape index (κ2) is 11.1. The van der Waals surface area contributed by atoms with Crippen LogP contribution in [-0.4, -0.2) is 34.8 Å². The smallest absolute Gasteiger partial charge is 0.251 e. The van der Waals surface area contributed by atoms with Crippen LogP contribution in [0.3, 0.4) is 0 Å². The van der Waals surface area contributed by atoms with Crippen LogP contribution in [0.5, 0.6) is 11.5 Å². The van der Waals surface area contributed by atoms with Gasteiger partial charge in [0.2, 0.25) is 10.0 Å². The first-order chi connectivity index (χ1) is 16.1. The monoisotopic (exact) mass is 594 g/mol. The number of carbonyl (C=O) groups excluding carboxylic acids is 1. The van der Waals surface area contributed by atoms with Crippen molar-refractivity contribution >= 4 is 44.2 Å². The number of carbonyl (C=O) groups is 1. The molecule has 9 heteroatoms. The van der Waals surface area contributed by atoms with Crippen LogP contribution in [0.15, 0.2) is 60.7 Å². The van der Waals surface area contributed by atoms with Crippen LogP contribution in [0.25, 0.3) is 0 Å². The highest BCUT2D eigenvalue weighted by Crippen LogP contribution is 2.28. The third-order valence-corrected chi connectivity index (χ3v) is 7.07. The molecule has 1 amide bonds. The molecule has 0 aliphatic carbocycles. The molecule has 0 heterocycles. The van der Waals surface area contributed by atoms with Gasteiger partial charge in [0, 0.05) is 15.7 Å². The lowest BCUT2D eigenvalue weighted by atomic mass is 10.1. The van der Waals surface area contributed by atoms with Crippen molar-refractivity contribution in [2.24, 2.45) is 0 Å². The number of anilines is 1. The van der Waals surface area contributed by atoms with Crippen molar-refractivity contribution < 1.29 is 22.7 Å². The van der Waals surface area contributed by atoms with Gasteiger partial charge in [0.05, 0.1) is 32.7 Å². The predicted octanol–water partition coefficient (Wildman–Crippen LogP) is 4.51. The fourth-order valence-corrected chi connectivity index (χ4v) is 5.07. The predicted molar refractivity (Wildman–Crippen MR) is 142 cm³/mol. The molecule has 0 fully saturated rings. The molecule has 0 atom stereocenters. The van der Waals surface area contributed by atoms with Gasteiger partial charge in [-0.25, -0.2) is 8.42 Å². The molecule has 0 saturated carbocycles. The molecule has 0 bridgehead atoms. The van der Waals surface area contributed by atoms with Gasteiger partial charge in [-0.1, -0.05) is 18.2 Å². The van der Waals surface area contributed by atoms with Gasteiger partial charge in [0.25, 0.3) is 5.91 Å². The lowest BCUT2D eigenvalue weighted by Gasteiger charge is -2.24. The zero-order valence-corrected chi connectivity index (χ0v) is 22.4. The van der Waals surface area contributed by atoms with Crippen LogP contribution in [0.1, 0.15) is 27.0 Å². The van der Waals surface area contributed by atoms with E-state index < -0.39 is 10.0 Å². The number of ether oxygens (including phenoxy) is 2. The minimum absolute atomic E-state index is 0.174. The summed E-state index contributed by atoms with van der Waals surface area (Å²) in [5.74, 6) is 0.990. The highest BCUT2D eigenvalue weighted by molar-refractivity contribution is 14.1. The van der Waals surface area contributed by atoms with E-state index in [2.05, 4.69) is 27.9 Å². The maximum absolute atomic E-state index is 12.6. The summed E-state index contributed by atoms with van der Waals surface area (Å²) in [5.41, 5.74) is 3.66. The Hall–Kier alpha value is -2.79. The number of benzene rings is 3. The summed E-state index contributed by atoms with van der Waals surface area (Å²) in [5, 5.41) is 2.88. The number of amides is 1. The molecule has 180 valence electrons. The average Bonchev–Trinajstić information content (AvgIpc) is 2.81. The fraction of sp³-hybridized carbons (Fsp3) is 0.240. The number of halogens is 1. The van der Waals surface area contributed by atoms with Gasteiger partial charge in [-0.15, -0.1) is 0 Å². The number of nitrogens with zero attached hydrogens (tertiary/aromatic N) is 1. The van der Waals surface area contributed by atoms with Gasteiger partial charge in [0.1, 0.15) is 0 Å². The largest absolute Gasteiger partial charge is 0.493 e. The molecule has 3 aromatic carbocycles. The number of rotatable bonds is 9. The Morgan fingerprint density at radius 2 is 1.59 bits per heavy atom. The van der Waals surface area contributed by atoms with Crippen molar-refractivity contribution in [2.45, 2.75) is 20.0 Å². The quantitative estimate of drug-likeness (QED) is 0.369. The van der Waals surface area contributed by atoms with E-state index in [1.165, 1.54) is 10.6 Å². The lowest BCUT2D eigenvalue weighted by Crippen LogP contribution is -2.30. The standard InChI is InChI=1S/C25H27IN2O5S/c1-17-13-21(26)10-11-22(17)28(34(4,30)31)16-18-5-8-20(9-6-18)25(29)27-15-19-7-12-23(32-2)24(14-19)33-3/h5-14H,15-16H2,1-4H3,(H,27,29). The van der Waals surface area contributed by atoms with Crippen molar-refractivity contribution in [2.75, 3.05) is 24.8 Å². The average molecular weight is 594 g/mol. The summed E-state index contributed by atoms with van der Waals surface area (Å²) in [6, 6.07) is 18.0. The Labute approximate surface area is 214 Å². The van der Waals surface area contributed by atoms with Crippen LogP contribution in [-0.2, 0) is 23.1 Å². The molecule has 0 radical (unpaired) electrons. The van der Waals surface area contributed by atoms with Gasteiger partial charge in [-0.05, 0) is 88.7 Å². The molecular formula is C25H27IN2O5S. The maximum Gasteiger partial charge on any atom is 0.251 e. The number of hydrogen-bond donors (Lipinski definition) is 1. The summed E-state index contributed by atoms with van der Waals surface area (Å²) in [6.07, 6.45) is 1.19. The minimum Gasteiger partial charge on any atom is -0.493 e. The maximum atomic E-state index is 12.6. The van der Waals surface area contributed by atoms with Crippen LogP contribution in [0.4, 0.5) is 5.69 Å². The molecular weight excluding hydrogens is 567 g/mol. The summed E-state index contributed by atoms with van der Waals surface area (Å²) >= 11 is 2.20. The van der Waals surface area contributed by atoms with Gasteiger partial charge < -0.3 is 14.8 Å². The van der Waals surface area contributed by atoms with E-state index in [0.29, 0.717) is 29.3 Å². The second-order valence-electron chi connectivity index (χ2n) is 7.77. The third kappa shape index (κ3) is 6.41. The van der Waals surface area contributed by atoms with Gasteiger partial charge in [0.15, 0.2) is 11.5 Å². The van der Waals surface area contributed by atoms with Crippen LogP contribution >= 0.6 is 22.6 Å². The molecule has 34 heavy (non-hydrogen) atoms. The van der Waals surface area contributed by atoms with Gasteiger partial charge >= 0.3 is 0 Å². The topological polar surface area (TPSA) is 84.9 Å². The van der Waals surface area contributed by atoms with E-state index in [-0.39, 0.29) is 12.5 Å². The molecule has 0 unspecified atom stereocenters. The zero-order chi connectivity index (χ0) is 24.9. The SMILES string of the molecule is COc1ccc(CNC(=O)c2ccc(CN(c3ccc(I)cc3C)S(C)(=O)=O)cc2)cc1OC. The number of methoxy groups -OCH3 is 2. The molecule has 0 aliphatic heterocycles. The number of hydrogen-bond acceptors (Lipinski definition) is 5. The number of sulfonamides is 1. The Balaban J connectivity index is 1.70. The van der Waals surface area contributed by atoms with Crippen molar-refractivity contribution in [1.82, 2.24) is 5.32 Å². The Kier molecular flexibility index (Phi) is 8.42. The first-order valence-corrected chi connectivity index (χ1v) is 13.4. The lowest BCUT2D eigenvalue weighted by molar-refractivity contribution is 0.0951. The van der Waals surface area contributed by atoms with Crippen molar-refractivity contribution in [3.8, 4) is 11.5 Å². The number of nitrogens with one attached hydrogen (secondary N) is 1. The van der Waals surface area contributed by atoms with Crippen molar-refractivity contribution in [1.29, 1.82) is 0 Å². The molecule has 3 aromatic rings. The normalized spacial score (nSPS) is 11.1. The summed E-state index contributed by atoms with van der Waals surface area (Å²) in [6.45, 7) is 2.39. The van der Waals surface area contributed by atoms with E-state index in [0.717, 1.165) is 20.3 Å². The molecule has 0 saturated heterocycles. The summed E-state index contributed by atoms with van der Waals surface area (Å²) in [7, 11) is -0.364. The first kappa shape index (κ1) is 25.8. The highest BCUT2D eigenvalue weighted by atomic mass is 127. The van der Waals surface area contributed by atoms with Crippen molar-refractivity contribution in [3.63, 3.8) is 0 Å². The second-order valence-corrected chi connectivity index (χ2v) is 10.9. The van der Waals surface area contributed by atoms with Gasteiger partial charge in [-0.3, -0.25) is 9.10 Å². The Bertz CT molecular complexity index is 1280. The van der Waals surface area contributed by atoms with Crippen LogP contribution < -0.4 is 19.1 Å². The van der Waals surface area contributed by atoms with E-state index >= 15 is 0 Å². The molecule has 3 rings (SSSR count). The minimum atomic E-state index is -3.50. The van der Waals surface area contributed by atoms with Crippen LogP contribution in [0, 0.1) is 10.5 Å². The highest BCUT2D eigenvalue weighted by Gasteiger charge is 2.20. The van der Waals surface area contributed by atoms with Crippen LogP contribution in [0.2, 0.25) is 0 Å². The molecule has 0 aromatic heterocycles. The van der Waals surface area contributed by atoms with E-state index in [1.54, 1.807) is 44.6 Å². The first-order valence-electron chi connectivity index (χ1n) is 10.4. The molecule has 1 N–H and O–H groups in total. The third-order valence-electron chi connectivity index (χ3n) is 5.27. The Morgan fingerprint density at radius 1 is 0.941 bits per heavy atom. The van der Waals surface area contributed by atoms with Crippen molar-refractivity contribution in [3.05, 3.63) is 86.5 Å².